The van der Waals surface area contributed by atoms with E-state index in [0.29, 0.717) is 5.56 Å². The monoisotopic (exact) mass is 702 g/mol. The van der Waals surface area contributed by atoms with Crippen molar-refractivity contribution < 1.29 is 50.8 Å². The van der Waals surface area contributed by atoms with Crippen LogP contribution in [0.15, 0.2) is 83.8 Å². The van der Waals surface area contributed by atoms with Gasteiger partial charge in [-0.2, -0.15) is 23.3 Å². The summed E-state index contributed by atoms with van der Waals surface area (Å²) in [6.45, 7) is 2.32. The van der Waals surface area contributed by atoms with E-state index in [1.165, 1.54) is 24.3 Å². The minimum Gasteiger partial charge on any atom is -0.447 e. The van der Waals surface area contributed by atoms with E-state index >= 15 is 0 Å². The van der Waals surface area contributed by atoms with Gasteiger partial charge in [0.05, 0.1) is 33.9 Å². The highest BCUT2D eigenvalue weighted by Crippen LogP contribution is 2.33. The molecule has 0 saturated carbocycles. The SMILES string of the molecule is CCN(CCOC(=O)NS(=O)(=O)c1ccc(-n2nc(C(F)(F)F)cc2-c2ccc(C)cc2)cc1)N(O)OCN1C(=O)c2ccccc2C1=O. The van der Waals surface area contributed by atoms with Crippen LogP contribution in [0.2, 0.25) is 0 Å². The maximum Gasteiger partial charge on any atom is 0.435 e. The van der Waals surface area contributed by atoms with E-state index in [9.17, 15) is 41.2 Å². The fourth-order valence-corrected chi connectivity index (χ4v) is 5.66. The van der Waals surface area contributed by atoms with E-state index in [1.807, 2.05) is 6.92 Å². The minimum atomic E-state index is -4.73. The average molecular weight is 703 g/mol. The first-order chi connectivity index (χ1) is 23.2. The highest BCUT2D eigenvalue weighted by atomic mass is 32.2. The number of likely N-dealkylation sites (N-methyl/N-ethyl adjacent to an activating group) is 1. The van der Waals surface area contributed by atoms with Crippen molar-refractivity contribution in [1.82, 2.24) is 29.7 Å². The summed E-state index contributed by atoms with van der Waals surface area (Å²) in [5.74, 6) is -1.20. The predicted octanol–water partition coefficient (Wildman–Crippen LogP) is 4.39. The van der Waals surface area contributed by atoms with Gasteiger partial charge in [-0.05, 0) is 49.4 Å². The summed E-state index contributed by atoms with van der Waals surface area (Å²) < 4.78 is 73.9. The molecule has 0 unspecified atom stereocenters. The highest BCUT2D eigenvalue weighted by Gasteiger charge is 2.37. The summed E-state index contributed by atoms with van der Waals surface area (Å²) in [6.07, 6.45) is -6.07. The second-order valence-corrected chi connectivity index (χ2v) is 12.2. The number of carbonyl (C=O) groups excluding carboxylic acids is 3. The quantitative estimate of drug-likeness (QED) is 0.159. The first kappa shape index (κ1) is 35.2. The third-order valence-electron chi connectivity index (χ3n) is 7.33. The van der Waals surface area contributed by atoms with Crippen molar-refractivity contribution in [3.8, 4) is 16.9 Å². The van der Waals surface area contributed by atoms with Crippen LogP contribution in [0.4, 0.5) is 18.0 Å². The molecule has 0 atom stereocenters. The number of imide groups is 1. The number of benzene rings is 3. The number of ether oxygens (including phenoxy) is 1. The zero-order chi connectivity index (χ0) is 35.5. The van der Waals surface area contributed by atoms with Gasteiger partial charge in [0.2, 0.25) is 0 Å². The molecule has 0 fully saturated rings. The van der Waals surface area contributed by atoms with Crippen LogP contribution in [0.3, 0.4) is 0 Å². The van der Waals surface area contributed by atoms with Gasteiger partial charge >= 0.3 is 12.3 Å². The summed E-state index contributed by atoms with van der Waals surface area (Å²) in [7, 11) is -4.47. The Labute approximate surface area is 277 Å². The van der Waals surface area contributed by atoms with E-state index in [4.69, 9.17) is 9.57 Å². The molecule has 1 aliphatic heterocycles. The van der Waals surface area contributed by atoms with Gasteiger partial charge in [-0.3, -0.25) is 14.8 Å². The van der Waals surface area contributed by atoms with Gasteiger partial charge in [0.25, 0.3) is 21.8 Å². The number of carbonyl (C=O) groups is 3. The van der Waals surface area contributed by atoms with Gasteiger partial charge in [-0.15, -0.1) is 0 Å². The van der Waals surface area contributed by atoms with Crippen molar-refractivity contribution in [2.45, 2.75) is 24.9 Å². The predicted molar refractivity (Wildman–Crippen MR) is 164 cm³/mol. The molecule has 4 aromatic rings. The van der Waals surface area contributed by atoms with Crippen LogP contribution in [0, 0.1) is 6.92 Å². The fraction of sp³-hybridized carbons (Fsp3) is 0.226. The number of aromatic nitrogens is 2. The number of nitrogens with zero attached hydrogens (tertiary/aromatic N) is 5. The smallest absolute Gasteiger partial charge is 0.435 e. The molecule has 1 aliphatic rings. The molecule has 2 heterocycles. The van der Waals surface area contributed by atoms with E-state index < -0.39 is 53.1 Å². The zero-order valence-corrected chi connectivity index (χ0v) is 26.7. The highest BCUT2D eigenvalue weighted by molar-refractivity contribution is 7.90. The number of amides is 3. The summed E-state index contributed by atoms with van der Waals surface area (Å²) in [5, 5.41) is 15.4. The number of rotatable bonds is 12. The second kappa shape index (κ2) is 14.1. The Morgan fingerprint density at radius 2 is 1.59 bits per heavy atom. The van der Waals surface area contributed by atoms with Crippen molar-refractivity contribution in [2.24, 2.45) is 0 Å². The zero-order valence-electron chi connectivity index (χ0n) is 25.9. The Balaban J connectivity index is 1.16. The summed E-state index contributed by atoms with van der Waals surface area (Å²) in [5.41, 5.74) is 0.869. The molecule has 5 rings (SSSR count). The van der Waals surface area contributed by atoms with Crippen LogP contribution in [-0.2, 0) is 25.8 Å². The van der Waals surface area contributed by atoms with Crippen molar-refractivity contribution in [2.75, 3.05) is 26.4 Å². The van der Waals surface area contributed by atoms with Crippen molar-refractivity contribution in [1.29, 1.82) is 0 Å². The van der Waals surface area contributed by atoms with Gasteiger partial charge < -0.3 is 4.74 Å². The number of aryl methyl sites for hydroxylation is 1. The Morgan fingerprint density at radius 3 is 2.16 bits per heavy atom. The summed E-state index contributed by atoms with van der Waals surface area (Å²) in [6, 6.07) is 18.5. The molecule has 3 aromatic carbocycles. The lowest BCUT2D eigenvalue weighted by Gasteiger charge is -2.28. The number of hydrazine groups is 1. The number of hydrogen-bond acceptors (Lipinski definition) is 11. The maximum atomic E-state index is 13.5. The molecule has 0 spiro atoms. The summed E-state index contributed by atoms with van der Waals surface area (Å²) in [4.78, 5) is 42.8. The number of sulfonamides is 1. The Hall–Kier alpha value is -5.14. The first-order valence-electron chi connectivity index (χ1n) is 14.6. The van der Waals surface area contributed by atoms with Crippen molar-refractivity contribution >= 4 is 27.9 Å². The van der Waals surface area contributed by atoms with E-state index in [1.54, 1.807) is 48.0 Å². The van der Waals surface area contributed by atoms with Crippen LogP contribution < -0.4 is 4.72 Å². The third-order valence-corrected chi connectivity index (χ3v) is 8.65. The Bertz CT molecular complexity index is 1930. The van der Waals surface area contributed by atoms with Gasteiger partial charge in [0, 0.05) is 17.4 Å². The van der Waals surface area contributed by atoms with Crippen LogP contribution in [-0.4, -0.2) is 83.0 Å². The number of alkyl halides is 3. The molecule has 0 radical (unpaired) electrons. The largest absolute Gasteiger partial charge is 0.447 e. The molecular formula is C31H29F3N6O8S. The molecule has 49 heavy (non-hydrogen) atoms. The van der Waals surface area contributed by atoms with Gasteiger partial charge in [0.15, 0.2) is 12.4 Å². The molecule has 0 bridgehead atoms. The molecule has 0 saturated heterocycles. The van der Waals surface area contributed by atoms with E-state index in [-0.39, 0.29) is 45.8 Å². The first-order valence-corrected chi connectivity index (χ1v) is 16.0. The normalized spacial score (nSPS) is 13.3. The standard InChI is InChI=1S/C31H29F3N6O8S/c1-3-37(40(44)48-19-38-28(41)24-6-4-5-7-25(24)29(38)42)16-17-47-30(43)36-49(45,46)23-14-12-22(13-15-23)39-26(18-27(35-39)31(32,33)34)21-10-8-20(2)9-11-21/h4-15,18,44H,3,16-17,19H2,1-2H3,(H,36,43). The van der Waals surface area contributed by atoms with Crippen molar-refractivity contribution in [3.05, 3.63) is 101 Å². The Morgan fingerprint density at radius 1 is 0.980 bits per heavy atom. The lowest BCUT2D eigenvalue weighted by atomic mass is 10.1. The number of hydrogen-bond donors (Lipinski definition) is 2. The minimum absolute atomic E-state index is 0.112. The molecule has 3 amide bonds. The number of fused-ring (bicyclic) bond motifs is 1. The molecule has 1 aromatic heterocycles. The molecule has 18 heteroatoms. The van der Waals surface area contributed by atoms with E-state index in [2.05, 4.69) is 5.10 Å². The maximum absolute atomic E-state index is 13.5. The van der Waals surface area contributed by atoms with Gasteiger partial charge in [-0.1, -0.05) is 48.9 Å². The third kappa shape index (κ3) is 7.79. The van der Waals surface area contributed by atoms with Crippen LogP contribution in [0.1, 0.15) is 38.9 Å². The molecule has 258 valence electrons. The second-order valence-electron chi connectivity index (χ2n) is 10.6. The van der Waals surface area contributed by atoms with Gasteiger partial charge in [0.1, 0.15) is 6.61 Å². The summed E-state index contributed by atoms with van der Waals surface area (Å²) >= 11 is 0. The molecular weight excluding hydrogens is 673 g/mol. The molecule has 0 aliphatic carbocycles. The fourth-order valence-electron chi connectivity index (χ4n) is 4.77. The van der Waals surface area contributed by atoms with Crippen LogP contribution in [0.25, 0.3) is 16.9 Å². The lowest BCUT2D eigenvalue weighted by Crippen LogP contribution is -2.45. The number of nitrogens with one attached hydrogen (secondary N) is 1. The van der Waals surface area contributed by atoms with Gasteiger partial charge in [-0.25, -0.2) is 32.4 Å². The topological polar surface area (TPSA) is 164 Å². The lowest BCUT2D eigenvalue weighted by molar-refractivity contribution is -0.446. The van der Waals surface area contributed by atoms with E-state index in [0.717, 1.165) is 38.4 Å². The van der Waals surface area contributed by atoms with Crippen molar-refractivity contribution in [3.63, 3.8) is 0 Å². The van der Waals surface area contributed by atoms with Crippen LogP contribution >= 0.6 is 0 Å². The van der Waals surface area contributed by atoms with Crippen LogP contribution in [0.5, 0.6) is 0 Å². The average Bonchev–Trinajstić information content (AvgIpc) is 3.62. The molecule has 14 nitrogen and oxygen atoms in total. The number of halogens is 3. The molecule has 2 N–H and O–H groups in total. The Kier molecular flexibility index (Phi) is 10.2.